The van der Waals surface area contributed by atoms with Crippen LogP contribution in [0.25, 0.3) is 0 Å². The first kappa shape index (κ1) is 20.6. The van der Waals surface area contributed by atoms with Gasteiger partial charge in [-0.05, 0) is 50.1 Å². The Bertz CT molecular complexity index is 899. The molecule has 0 saturated carbocycles. The van der Waals surface area contributed by atoms with Gasteiger partial charge in [0.2, 0.25) is 15.9 Å². The molecule has 1 amide bonds. The Morgan fingerprint density at radius 1 is 1.14 bits per heavy atom. The molecule has 1 N–H and O–H groups in total. The number of hydrogen-bond donors (Lipinski definition) is 1. The van der Waals surface area contributed by atoms with Crippen LogP contribution < -0.4 is 5.32 Å². The van der Waals surface area contributed by atoms with Crippen LogP contribution in [0, 0.1) is 6.92 Å². The number of benzene rings is 1. The minimum Gasteiger partial charge on any atom is -0.464 e. The lowest BCUT2D eigenvalue weighted by Crippen LogP contribution is -2.40. The number of sulfonamides is 1. The van der Waals surface area contributed by atoms with E-state index >= 15 is 0 Å². The molecule has 0 aliphatic carbocycles. The highest BCUT2D eigenvalue weighted by atomic mass is 32.2. The van der Waals surface area contributed by atoms with E-state index in [9.17, 15) is 13.2 Å². The molecule has 1 aliphatic rings. The molecule has 3 rings (SSSR count). The van der Waals surface area contributed by atoms with Crippen molar-refractivity contribution < 1.29 is 22.4 Å². The zero-order valence-electron chi connectivity index (χ0n) is 16.2. The summed E-state index contributed by atoms with van der Waals surface area (Å²) in [5.74, 6) is 1.46. The molecule has 2 aromatic rings. The average Bonchev–Trinajstić information content (AvgIpc) is 3.14. The van der Waals surface area contributed by atoms with Crippen LogP contribution in [0.1, 0.15) is 36.5 Å². The maximum atomic E-state index is 12.6. The first-order chi connectivity index (χ1) is 13.4. The minimum absolute atomic E-state index is 0.0773. The Balaban J connectivity index is 1.53. The quantitative estimate of drug-likeness (QED) is 0.763. The summed E-state index contributed by atoms with van der Waals surface area (Å²) in [5, 5.41) is 2.91. The van der Waals surface area contributed by atoms with Crippen LogP contribution in [0.4, 0.5) is 0 Å². The van der Waals surface area contributed by atoms with Gasteiger partial charge in [-0.2, -0.15) is 4.31 Å². The highest BCUT2D eigenvalue weighted by Gasteiger charge is 2.26. The number of nitrogens with zero attached hydrogens (tertiary/aromatic N) is 1. The number of rotatable bonds is 7. The fourth-order valence-electron chi connectivity index (χ4n) is 3.09. The van der Waals surface area contributed by atoms with Gasteiger partial charge in [0.1, 0.15) is 11.5 Å². The third-order valence-corrected chi connectivity index (χ3v) is 6.65. The minimum atomic E-state index is -3.49. The van der Waals surface area contributed by atoms with Crippen LogP contribution >= 0.6 is 0 Å². The van der Waals surface area contributed by atoms with Gasteiger partial charge >= 0.3 is 0 Å². The first-order valence-electron chi connectivity index (χ1n) is 9.39. The third kappa shape index (κ3) is 5.01. The van der Waals surface area contributed by atoms with Gasteiger partial charge < -0.3 is 14.5 Å². The zero-order valence-corrected chi connectivity index (χ0v) is 17.0. The smallest absolute Gasteiger partial charge is 0.243 e. The summed E-state index contributed by atoms with van der Waals surface area (Å²) < 4.78 is 37.4. The molecule has 0 radical (unpaired) electrons. The molecule has 8 heteroatoms. The van der Waals surface area contributed by atoms with Crippen molar-refractivity contribution in [1.29, 1.82) is 0 Å². The van der Waals surface area contributed by atoms with Crippen LogP contribution in [0.15, 0.2) is 45.7 Å². The van der Waals surface area contributed by atoms with Gasteiger partial charge in [-0.1, -0.05) is 12.1 Å². The number of carbonyl (C=O) groups is 1. The zero-order chi connectivity index (χ0) is 20.1. The molecular formula is C20H26N2O5S. The lowest BCUT2D eigenvalue weighted by atomic mass is 10.1. The Morgan fingerprint density at radius 3 is 2.43 bits per heavy atom. The van der Waals surface area contributed by atoms with E-state index in [1.54, 1.807) is 24.3 Å². The first-order valence-corrected chi connectivity index (χ1v) is 10.8. The van der Waals surface area contributed by atoms with Gasteiger partial charge in [-0.3, -0.25) is 4.79 Å². The molecule has 1 saturated heterocycles. The van der Waals surface area contributed by atoms with Gasteiger partial charge in [0.05, 0.1) is 24.2 Å². The fourth-order valence-corrected chi connectivity index (χ4v) is 4.50. The summed E-state index contributed by atoms with van der Waals surface area (Å²) in [7, 11) is -3.49. The van der Waals surface area contributed by atoms with E-state index in [1.807, 2.05) is 26.0 Å². The summed E-state index contributed by atoms with van der Waals surface area (Å²) in [6.45, 7) is 5.32. The molecule has 1 aromatic carbocycles. The molecular weight excluding hydrogens is 380 g/mol. The highest BCUT2D eigenvalue weighted by Crippen LogP contribution is 2.19. The van der Waals surface area contributed by atoms with Crippen LogP contribution in [0.5, 0.6) is 0 Å². The van der Waals surface area contributed by atoms with Gasteiger partial charge in [-0.25, -0.2) is 8.42 Å². The Hall–Kier alpha value is -2.16. The second-order valence-electron chi connectivity index (χ2n) is 6.90. The monoisotopic (exact) mass is 406 g/mol. The summed E-state index contributed by atoms with van der Waals surface area (Å²) in [6.07, 6.45) is 0.854. The summed E-state index contributed by atoms with van der Waals surface area (Å²) in [4.78, 5) is 12.4. The second-order valence-corrected chi connectivity index (χ2v) is 8.84. The lowest BCUT2D eigenvalue weighted by Gasteiger charge is -2.26. The molecule has 152 valence electrons. The molecule has 1 fully saturated rings. The summed E-state index contributed by atoms with van der Waals surface area (Å²) in [5.41, 5.74) is 0.914. The fraction of sp³-hybridized carbons (Fsp3) is 0.450. The molecule has 7 nitrogen and oxygen atoms in total. The van der Waals surface area contributed by atoms with Gasteiger partial charge in [0, 0.05) is 19.5 Å². The SMILES string of the molecule is Cc1ccc(C(C)NC(=O)CCc2ccc(S(=O)(=O)N3CCOCC3)cc2)o1. The third-order valence-electron chi connectivity index (χ3n) is 4.74. The van der Waals surface area contributed by atoms with E-state index in [2.05, 4.69) is 5.32 Å². The van der Waals surface area contributed by atoms with Crippen molar-refractivity contribution in [2.45, 2.75) is 37.6 Å². The predicted octanol–water partition coefficient (Wildman–Crippen LogP) is 2.42. The molecule has 0 spiro atoms. The molecule has 28 heavy (non-hydrogen) atoms. The van der Waals surface area contributed by atoms with E-state index in [0.29, 0.717) is 39.1 Å². The van der Waals surface area contributed by atoms with Crippen LogP contribution in [-0.2, 0) is 26.0 Å². The Kier molecular flexibility index (Phi) is 6.53. The maximum Gasteiger partial charge on any atom is 0.243 e. The largest absolute Gasteiger partial charge is 0.464 e. The number of nitrogens with one attached hydrogen (secondary N) is 1. The molecule has 2 heterocycles. The van der Waals surface area contributed by atoms with Crippen molar-refractivity contribution in [3.63, 3.8) is 0 Å². The normalized spacial score (nSPS) is 16.6. The van der Waals surface area contributed by atoms with E-state index in [-0.39, 0.29) is 16.8 Å². The van der Waals surface area contributed by atoms with Crippen molar-refractivity contribution >= 4 is 15.9 Å². The molecule has 1 aliphatic heterocycles. The highest BCUT2D eigenvalue weighted by molar-refractivity contribution is 7.89. The number of amides is 1. The molecule has 1 unspecified atom stereocenters. The number of furan rings is 1. The summed E-state index contributed by atoms with van der Waals surface area (Å²) in [6, 6.07) is 10.3. The van der Waals surface area contributed by atoms with Gasteiger partial charge in [-0.15, -0.1) is 0 Å². The van der Waals surface area contributed by atoms with Crippen LogP contribution in [-0.4, -0.2) is 44.9 Å². The predicted molar refractivity (Wildman–Crippen MR) is 104 cm³/mol. The van der Waals surface area contributed by atoms with Crippen LogP contribution in [0.3, 0.4) is 0 Å². The Morgan fingerprint density at radius 2 is 1.82 bits per heavy atom. The van der Waals surface area contributed by atoms with Crippen molar-refractivity contribution in [2.75, 3.05) is 26.3 Å². The number of carbonyl (C=O) groups excluding carboxylic acids is 1. The van der Waals surface area contributed by atoms with E-state index < -0.39 is 10.0 Å². The van der Waals surface area contributed by atoms with Crippen molar-refractivity contribution in [1.82, 2.24) is 9.62 Å². The van der Waals surface area contributed by atoms with E-state index in [0.717, 1.165) is 17.1 Å². The molecule has 1 atom stereocenters. The van der Waals surface area contributed by atoms with Crippen molar-refractivity contribution in [3.8, 4) is 0 Å². The number of ether oxygens (including phenoxy) is 1. The van der Waals surface area contributed by atoms with Crippen molar-refractivity contribution in [2.24, 2.45) is 0 Å². The number of morpholine rings is 1. The standard InChI is InChI=1S/C20H26N2O5S/c1-15-3-9-19(27-15)16(2)21-20(23)10-6-17-4-7-18(8-5-17)28(24,25)22-11-13-26-14-12-22/h3-5,7-9,16H,6,10-14H2,1-2H3,(H,21,23). The van der Waals surface area contributed by atoms with Crippen molar-refractivity contribution in [3.05, 3.63) is 53.5 Å². The topological polar surface area (TPSA) is 88.9 Å². The number of aryl methyl sites for hydroxylation is 2. The van der Waals surface area contributed by atoms with Gasteiger partial charge in [0.25, 0.3) is 0 Å². The van der Waals surface area contributed by atoms with Gasteiger partial charge in [0.15, 0.2) is 0 Å². The molecule has 0 bridgehead atoms. The Labute approximate surface area is 165 Å². The van der Waals surface area contributed by atoms with Crippen LogP contribution in [0.2, 0.25) is 0 Å². The second kappa shape index (κ2) is 8.89. The van der Waals surface area contributed by atoms with E-state index in [1.165, 1.54) is 4.31 Å². The average molecular weight is 407 g/mol. The molecule has 1 aromatic heterocycles. The van der Waals surface area contributed by atoms with E-state index in [4.69, 9.17) is 9.15 Å². The maximum absolute atomic E-state index is 12.6. The number of hydrogen-bond acceptors (Lipinski definition) is 5. The lowest BCUT2D eigenvalue weighted by molar-refractivity contribution is -0.121. The summed E-state index contributed by atoms with van der Waals surface area (Å²) >= 11 is 0.